The molecule has 90 valence electrons. The summed E-state index contributed by atoms with van der Waals surface area (Å²) in [7, 11) is -3.41. The lowest BCUT2D eigenvalue weighted by Crippen LogP contribution is -2.48. The Bertz CT molecular complexity index is 324. The molecule has 0 aromatic carbocycles. The summed E-state index contributed by atoms with van der Waals surface area (Å²) >= 11 is 5.81. The van der Waals surface area contributed by atoms with Gasteiger partial charge in [-0.25, -0.2) is 8.42 Å². The third kappa shape index (κ3) is 3.99. The molecule has 0 aliphatic rings. The molecule has 1 atom stereocenters. The van der Waals surface area contributed by atoms with Gasteiger partial charge in [0.1, 0.15) is 4.75 Å². The first-order valence-corrected chi connectivity index (χ1v) is 7.07. The minimum absolute atomic E-state index is 0.163. The molecule has 6 heteroatoms. The van der Waals surface area contributed by atoms with Crippen molar-refractivity contribution in [3.05, 3.63) is 0 Å². The first kappa shape index (κ1) is 14.7. The zero-order valence-corrected chi connectivity index (χ0v) is 11.1. The second-order valence-corrected chi connectivity index (χ2v) is 7.18. The van der Waals surface area contributed by atoms with Crippen molar-refractivity contribution in [2.45, 2.75) is 37.3 Å². The molecule has 0 aromatic heterocycles. The monoisotopic (exact) mass is 255 g/mol. The summed E-state index contributed by atoms with van der Waals surface area (Å²) in [4.78, 5) is 11.6. The number of hydrogen-bond donors (Lipinski definition) is 1. The van der Waals surface area contributed by atoms with E-state index in [1.165, 1.54) is 13.8 Å². The molecule has 4 nitrogen and oxygen atoms in total. The van der Waals surface area contributed by atoms with Gasteiger partial charge >= 0.3 is 0 Å². The predicted octanol–water partition coefficient (Wildman–Crippen LogP) is 0.943. The van der Waals surface area contributed by atoms with Gasteiger partial charge < -0.3 is 5.32 Å². The predicted molar refractivity (Wildman–Crippen MR) is 61.9 cm³/mol. The van der Waals surface area contributed by atoms with Gasteiger partial charge in [0.05, 0.1) is 5.38 Å². The Labute approximate surface area is 96.3 Å². The number of amides is 1. The highest BCUT2D eigenvalue weighted by Gasteiger charge is 2.38. The van der Waals surface area contributed by atoms with Crippen molar-refractivity contribution in [2.24, 2.45) is 0 Å². The van der Waals surface area contributed by atoms with E-state index in [0.29, 0.717) is 0 Å². The number of carbonyl (C=O) groups is 1. The smallest absolute Gasteiger partial charge is 0.240 e. The van der Waals surface area contributed by atoms with Gasteiger partial charge in [-0.2, -0.15) is 0 Å². The molecule has 0 spiro atoms. The van der Waals surface area contributed by atoms with E-state index < -0.39 is 20.5 Å². The van der Waals surface area contributed by atoms with Crippen molar-refractivity contribution < 1.29 is 13.2 Å². The molecule has 0 saturated heterocycles. The molecule has 0 aliphatic heterocycles. The summed E-state index contributed by atoms with van der Waals surface area (Å²) < 4.78 is 21.2. The van der Waals surface area contributed by atoms with E-state index in [0.717, 1.165) is 12.7 Å². The van der Waals surface area contributed by atoms with E-state index in [1.807, 2.05) is 6.92 Å². The van der Waals surface area contributed by atoms with Crippen molar-refractivity contribution >= 4 is 27.3 Å². The normalized spacial score (nSPS) is 14.7. The summed E-state index contributed by atoms with van der Waals surface area (Å²) in [5, 5.41) is 2.37. The van der Waals surface area contributed by atoms with Gasteiger partial charge in [0.2, 0.25) is 5.91 Å². The van der Waals surface area contributed by atoms with E-state index >= 15 is 0 Å². The van der Waals surface area contributed by atoms with E-state index in [-0.39, 0.29) is 11.9 Å². The molecule has 0 saturated carbocycles. The Morgan fingerprint density at radius 3 is 2.27 bits per heavy atom. The topological polar surface area (TPSA) is 63.2 Å². The van der Waals surface area contributed by atoms with E-state index in [4.69, 9.17) is 11.6 Å². The average molecular weight is 256 g/mol. The SMILES string of the molecule is CCC(Cl)CNC(=O)C(C)(C)S(C)(=O)=O. The largest absolute Gasteiger partial charge is 0.353 e. The van der Waals surface area contributed by atoms with Crippen molar-refractivity contribution in [3.63, 3.8) is 0 Å². The Balaban J connectivity index is 4.47. The maximum Gasteiger partial charge on any atom is 0.240 e. The van der Waals surface area contributed by atoms with Crippen LogP contribution < -0.4 is 5.32 Å². The van der Waals surface area contributed by atoms with Crippen LogP contribution in [0.4, 0.5) is 0 Å². The van der Waals surface area contributed by atoms with Crippen molar-refractivity contribution in [1.82, 2.24) is 5.32 Å². The van der Waals surface area contributed by atoms with Gasteiger partial charge in [-0.05, 0) is 20.3 Å². The fourth-order valence-electron chi connectivity index (χ4n) is 0.729. The molecule has 0 radical (unpaired) electrons. The fourth-order valence-corrected chi connectivity index (χ4v) is 1.22. The van der Waals surface area contributed by atoms with Crippen LogP contribution in [0.5, 0.6) is 0 Å². The molecular formula is C9H18ClNO3S. The highest BCUT2D eigenvalue weighted by Crippen LogP contribution is 2.15. The van der Waals surface area contributed by atoms with Gasteiger partial charge in [-0.15, -0.1) is 11.6 Å². The number of rotatable bonds is 5. The summed E-state index contributed by atoms with van der Waals surface area (Å²) in [5.41, 5.74) is 0. The molecule has 15 heavy (non-hydrogen) atoms. The lowest BCUT2D eigenvalue weighted by Gasteiger charge is -2.22. The Morgan fingerprint density at radius 2 is 1.93 bits per heavy atom. The molecule has 0 bridgehead atoms. The van der Waals surface area contributed by atoms with Crippen LogP contribution in [0.25, 0.3) is 0 Å². The molecule has 1 N–H and O–H groups in total. The Morgan fingerprint density at radius 1 is 1.47 bits per heavy atom. The summed E-state index contributed by atoms with van der Waals surface area (Å²) in [6.07, 6.45) is 1.77. The average Bonchev–Trinajstić information content (AvgIpc) is 2.11. The van der Waals surface area contributed by atoms with Crippen molar-refractivity contribution in [3.8, 4) is 0 Å². The third-order valence-electron chi connectivity index (χ3n) is 2.40. The summed E-state index contributed by atoms with van der Waals surface area (Å²) in [6.45, 7) is 4.95. The van der Waals surface area contributed by atoms with Gasteiger partial charge in [0.25, 0.3) is 0 Å². The van der Waals surface area contributed by atoms with Gasteiger partial charge in [0.15, 0.2) is 9.84 Å². The van der Waals surface area contributed by atoms with E-state index in [1.54, 1.807) is 0 Å². The van der Waals surface area contributed by atoms with Crippen LogP contribution in [0.15, 0.2) is 0 Å². The van der Waals surface area contributed by atoms with Crippen LogP contribution in [0.2, 0.25) is 0 Å². The second-order valence-electron chi connectivity index (χ2n) is 4.00. The maximum absolute atomic E-state index is 11.6. The van der Waals surface area contributed by atoms with Crippen LogP contribution in [-0.2, 0) is 14.6 Å². The van der Waals surface area contributed by atoms with Gasteiger partial charge in [-0.3, -0.25) is 4.79 Å². The van der Waals surface area contributed by atoms with Crippen molar-refractivity contribution in [1.29, 1.82) is 0 Å². The number of carbonyl (C=O) groups excluding carboxylic acids is 1. The number of nitrogens with one attached hydrogen (secondary N) is 1. The maximum atomic E-state index is 11.6. The van der Waals surface area contributed by atoms with E-state index in [2.05, 4.69) is 5.32 Å². The summed E-state index contributed by atoms with van der Waals surface area (Å²) in [6, 6.07) is 0. The van der Waals surface area contributed by atoms with Crippen molar-refractivity contribution in [2.75, 3.05) is 12.8 Å². The first-order chi connectivity index (χ1) is 6.63. The third-order valence-corrected chi connectivity index (χ3v) is 4.90. The molecule has 0 rings (SSSR count). The second kappa shape index (κ2) is 5.16. The molecule has 0 fully saturated rings. The van der Waals surface area contributed by atoms with Gasteiger partial charge in [-0.1, -0.05) is 6.92 Å². The lowest BCUT2D eigenvalue weighted by molar-refractivity contribution is -0.122. The highest BCUT2D eigenvalue weighted by molar-refractivity contribution is 7.92. The molecule has 0 aromatic rings. The van der Waals surface area contributed by atoms with Crippen LogP contribution in [0, 0.1) is 0 Å². The zero-order valence-electron chi connectivity index (χ0n) is 9.50. The Hall–Kier alpha value is -0.290. The van der Waals surface area contributed by atoms with Crippen LogP contribution in [0.3, 0.4) is 0 Å². The minimum Gasteiger partial charge on any atom is -0.353 e. The summed E-state index contributed by atoms with van der Waals surface area (Å²) in [5.74, 6) is -0.510. The van der Waals surface area contributed by atoms with Gasteiger partial charge in [0, 0.05) is 12.8 Å². The number of alkyl halides is 1. The molecule has 1 amide bonds. The first-order valence-electron chi connectivity index (χ1n) is 4.75. The number of sulfone groups is 1. The molecule has 0 aliphatic carbocycles. The molecule has 0 heterocycles. The van der Waals surface area contributed by atoms with Crippen LogP contribution in [-0.4, -0.2) is 37.2 Å². The Kier molecular flexibility index (Phi) is 5.06. The zero-order chi connectivity index (χ0) is 12.3. The number of hydrogen-bond acceptors (Lipinski definition) is 3. The minimum atomic E-state index is -3.41. The number of halogens is 1. The molecular weight excluding hydrogens is 238 g/mol. The lowest BCUT2D eigenvalue weighted by atomic mass is 10.2. The fraction of sp³-hybridized carbons (Fsp3) is 0.889. The standard InChI is InChI=1S/C9H18ClNO3S/c1-5-7(10)6-11-8(12)9(2,3)15(4,13)14/h7H,5-6H2,1-4H3,(H,11,12). The molecule has 1 unspecified atom stereocenters. The highest BCUT2D eigenvalue weighted by atomic mass is 35.5. The van der Waals surface area contributed by atoms with Crippen LogP contribution >= 0.6 is 11.6 Å². The van der Waals surface area contributed by atoms with Crippen LogP contribution in [0.1, 0.15) is 27.2 Å². The van der Waals surface area contributed by atoms with E-state index in [9.17, 15) is 13.2 Å². The quantitative estimate of drug-likeness (QED) is 0.744.